The second-order valence-corrected chi connectivity index (χ2v) is 6.58. The highest BCUT2D eigenvalue weighted by molar-refractivity contribution is 6.06. The van der Waals surface area contributed by atoms with Crippen molar-refractivity contribution in [2.75, 3.05) is 26.6 Å². The van der Waals surface area contributed by atoms with Crippen molar-refractivity contribution in [3.63, 3.8) is 0 Å². The molecule has 11 heteroatoms. The maximum absolute atomic E-state index is 12.8. The van der Waals surface area contributed by atoms with Crippen LogP contribution < -0.4 is 19.5 Å². The van der Waals surface area contributed by atoms with E-state index >= 15 is 0 Å². The third-order valence-electron chi connectivity index (χ3n) is 4.67. The number of furan rings is 1. The molecule has 0 radical (unpaired) electrons. The largest absolute Gasteiger partial charge is 0.493 e. The number of carbonyl (C=O) groups excluding carboxylic acids is 1. The van der Waals surface area contributed by atoms with Crippen LogP contribution in [0, 0.1) is 10.1 Å². The number of amides is 1. The van der Waals surface area contributed by atoms with E-state index in [2.05, 4.69) is 15.3 Å². The van der Waals surface area contributed by atoms with Crippen LogP contribution in [0.15, 0.2) is 46.9 Å². The number of benzene rings is 2. The third kappa shape index (κ3) is 3.78. The summed E-state index contributed by atoms with van der Waals surface area (Å²) in [5.74, 6) is 1.01. The van der Waals surface area contributed by atoms with E-state index in [1.165, 1.54) is 33.5 Å². The van der Waals surface area contributed by atoms with Gasteiger partial charge < -0.3 is 28.9 Å². The number of H-pyrrole nitrogens is 1. The van der Waals surface area contributed by atoms with Crippen molar-refractivity contribution >= 4 is 28.5 Å². The number of rotatable bonds is 7. The van der Waals surface area contributed by atoms with Gasteiger partial charge in [0.2, 0.25) is 5.75 Å². The van der Waals surface area contributed by atoms with Crippen molar-refractivity contribution in [2.24, 2.45) is 0 Å². The third-order valence-corrected chi connectivity index (χ3v) is 4.67. The van der Waals surface area contributed by atoms with Crippen molar-refractivity contribution in [1.82, 2.24) is 9.97 Å². The van der Waals surface area contributed by atoms with E-state index in [4.69, 9.17) is 18.6 Å². The van der Waals surface area contributed by atoms with E-state index in [1.807, 2.05) is 0 Å². The molecule has 11 nitrogen and oxygen atoms in total. The van der Waals surface area contributed by atoms with Crippen LogP contribution in [0.3, 0.4) is 0 Å². The summed E-state index contributed by atoms with van der Waals surface area (Å²) in [7, 11) is 4.47. The van der Waals surface area contributed by atoms with E-state index in [1.54, 1.807) is 30.3 Å². The average molecular weight is 438 g/mol. The second-order valence-electron chi connectivity index (χ2n) is 6.58. The van der Waals surface area contributed by atoms with Crippen LogP contribution in [-0.4, -0.2) is 42.1 Å². The van der Waals surface area contributed by atoms with Gasteiger partial charge in [0.25, 0.3) is 5.91 Å². The van der Waals surface area contributed by atoms with Gasteiger partial charge in [0.05, 0.1) is 38.4 Å². The molecule has 0 fully saturated rings. The summed E-state index contributed by atoms with van der Waals surface area (Å²) in [6.45, 7) is 0. The van der Waals surface area contributed by atoms with Crippen molar-refractivity contribution in [3.05, 3.63) is 58.1 Å². The Kier molecular flexibility index (Phi) is 5.37. The molecule has 2 heterocycles. The molecule has 0 aliphatic heterocycles. The van der Waals surface area contributed by atoms with Crippen molar-refractivity contribution in [3.8, 4) is 28.8 Å². The predicted molar refractivity (Wildman–Crippen MR) is 115 cm³/mol. The zero-order valence-electron chi connectivity index (χ0n) is 17.3. The molecule has 0 atom stereocenters. The lowest BCUT2D eigenvalue weighted by molar-refractivity contribution is -0.401. The average Bonchev–Trinajstić information content (AvgIpc) is 3.45. The van der Waals surface area contributed by atoms with Gasteiger partial charge in [0.15, 0.2) is 23.1 Å². The number of ether oxygens (including phenoxy) is 3. The molecule has 2 aromatic carbocycles. The van der Waals surface area contributed by atoms with Crippen molar-refractivity contribution in [1.29, 1.82) is 0 Å². The summed E-state index contributed by atoms with van der Waals surface area (Å²) in [5, 5.41) is 13.6. The summed E-state index contributed by atoms with van der Waals surface area (Å²) in [6, 6.07) is 10.8. The number of hydrogen-bond acceptors (Lipinski definition) is 8. The highest BCUT2D eigenvalue weighted by Crippen LogP contribution is 2.40. The van der Waals surface area contributed by atoms with Crippen LogP contribution in [0.1, 0.15) is 10.4 Å². The molecule has 4 aromatic rings. The van der Waals surface area contributed by atoms with E-state index in [-0.39, 0.29) is 17.6 Å². The van der Waals surface area contributed by atoms with Crippen molar-refractivity contribution in [2.45, 2.75) is 0 Å². The fraction of sp³-hybridized carbons (Fsp3) is 0.143. The number of anilines is 1. The predicted octanol–water partition coefficient (Wildman–Crippen LogP) is 4.01. The first kappa shape index (κ1) is 20.7. The first-order chi connectivity index (χ1) is 15.4. The van der Waals surface area contributed by atoms with Crippen LogP contribution in [0.2, 0.25) is 0 Å². The molecule has 2 aromatic heterocycles. The molecular weight excluding hydrogens is 420 g/mol. The van der Waals surface area contributed by atoms with Crippen LogP contribution in [-0.2, 0) is 0 Å². The molecule has 0 spiro atoms. The number of carbonyl (C=O) groups is 1. The van der Waals surface area contributed by atoms with Gasteiger partial charge in [-0.1, -0.05) is 0 Å². The van der Waals surface area contributed by atoms with Crippen LogP contribution in [0.5, 0.6) is 17.2 Å². The van der Waals surface area contributed by atoms with Gasteiger partial charge in [-0.05, 0) is 24.3 Å². The Hall–Kier alpha value is -4.54. The molecule has 0 aliphatic carbocycles. The van der Waals surface area contributed by atoms with E-state index < -0.39 is 4.92 Å². The monoisotopic (exact) mass is 438 g/mol. The molecular formula is C21H18N4O7. The summed E-state index contributed by atoms with van der Waals surface area (Å²) in [5.41, 5.74) is 1.96. The summed E-state index contributed by atoms with van der Waals surface area (Å²) in [4.78, 5) is 30.4. The number of nitro groups is 1. The van der Waals surface area contributed by atoms with E-state index in [0.29, 0.717) is 45.4 Å². The molecule has 4 rings (SSSR count). The maximum Gasteiger partial charge on any atom is 0.433 e. The molecule has 1 amide bonds. The molecule has 32 heavy (non-hydrogen) atoms. The van der Waals surface area contributed by atoms with Crippen LogP contribution in [0.25, 0.3) is 22.6 Å². The van der Waals surface area contributed by atoms with Crippen LogP contribution >= 0.6 is 0 Å². The SMILES string of the molecule is COc1cc(NC(=O)c2ccc3nc(-c4ccc([N+](=O)[O-])o4)[nH]c3c2)cc(OC)c1OC. The fourth-order valence-corrected chi connectivity index (χ4v) is 3.18. The minimum absolute atomic E-state index is 0.219. The molecule has 0 aliphatic rings. The number of aromatic amines is 1. The minimum Gasteiger partial charge on any atom is -0.493 e. The quantitative estimate of drug-likeness (QED) is 0.326. The van der Waals surface area contributed by atoms with Gasteiger partial charge in [0.1, 0.15) is 4.92 Å². The summed E-state index contributed by atoms with van der Waals surface area (Å²) >= 11 is 0. The Balaban J connectivity index is 1.61. The van der Waals surface area contributed by atoms with Gasteiger partial charge in [-0.15, -0.1) is 0 Å². The number of hydrogen-bond donors (Lipinski definition) is 2. The molecule has 0 unspecified atom stereocenters. The summed E-state index contributed by atoms with van der Waals surface area (Å²) in [6.07, 6.45) is 0. The van der Waals surface area contributed by atoms with E-state index in [9.17, 15) is 14.9 Å². The van der Waals surface area contributed by atoms with Crippen LogP contribution in [0.4, 0.5) is 11.6 Å². The van der Waals surface area contributed by atoms with Crippen molar-refractivity contribution < 1.29 is 28.3 Å². The molecule has 164 valence electrons. The minimum atomic E-state index is -0.627. The van der Waals surface area contributed by atoms with Gasteiger partial charge in [-0.25, -0.2) is 4.98 Å². The van der Waals surface area contributed by atoms with Gasteiger partial charge in [-0.2, -0.15) is 0 Å². The zero-order chi connectivity index (χ0) is 22.8. The van der Waals surface area contributed by atoms with Gasteiger partial charge in [-0.3, -0.25) is 14.9 Å². The Morgan fingerprint density at radius 2 is 1.78 bits per heavy atom. The molecule has 2 N–H and O–H groups in total. The van der Waals surface area contributed by atoms with Gasteiger partial charge >= 0.3 is 5.88 Å². The smallest absolute Gasteiger partial charge is 0.433 e. The first-order valence-electron chi connectivity index (χ1n) is 9.29. The molecule has 0 bridgehead atoms. The lowest BCUT2D eigenvalue weighted by Crippen LogP contribution is -2.12. The number of nitrogens with one attached hydrogen (secondary N) is 2. The first-order valence-corrected chi connectivity index (χ1v) is 9.29. The topological polar surface area (TPSA) is 142 Å². The number of aromatic nitrogens is 2. The standard InChI is InChI=1S/C21H18N4O7/c1-29-16-9-12(10-17(30-2)19(16)31-3)22-21(26)11-4-5-13-14(8-11)24-20(23-13)15-6-7-18(32-15)25(27)28/h4-10H,1-3H3,(H,22,26)(H,23,24). The maximum atomic E-state index is 12.8. The lowest BCUT2D eigenvalue weighted by Gasteiger charge is -2.14. The Morgan fingerprint density at radius 3 is 2.38 bits per heavy atom. The number of fused-ring (bicyclic) bond motifs is 1. The normalized spacial score (nSPS) is 10.7. The Bertz CT molecular complexity index is 1300. The molecule has 0 saturated heterocycles. The zero-order valence-corrected chi connectivity index (χ0v) is 17.3. The number of nitrogens with zero attached hydrogens (tertiary/aromatic N) is 2. The number of methoxy groups -OCH3 is 3. The lowest BCUT2D eigenvalue weighted by atomic mass is 10.1. The van der Waals surface area contributed by atoms with Gasteiger partial charge in [0, 0.05) is 23.4 Å². The van der Waals surface area contributed by atoms with E-state index in [0.717, 1.165) is 0 Å². The summed E-state index contributed by atoms with van der Waals surface area (Å²) < 4.78 is 21.1. The fourth-order valence-electron chi connectivity index (χ4n) is 3.18. The Labute approximate surface area is 181 Å². The number of imidazole rings is 1. The highest BCUT2D eigenvalue weighted by Gasteiger charge is 2.18. The Morgan fingerprint density at radius 1 is 1.06 bits per heavy atom. The second kappa shape index (κ2) is 8.30. The highest BCUT2D eigenvalue weighted by atomic mass is 16.6. The molecule has 0 saturated carbocycles.